The fourth-order valence-electron chi connectivity index (χ4n) is 2.42. The number of nitrogens with zero attached hydrogens (tertiary/aromatic N) is 1. The number of hydrogen-bond donors (Lipinski definition) is 1. The van der Waals surface area contributed by atoms with Gasteiger partial charge in [-0.25, -0.2) is 0 Å². The minimum Gasteiger partial charge on any atom is -0.493 e. The minimum absolute atomic E-state index is 0.179. The van der Waals surface area contributed by atoms with E-state index in [-0.39, 0.29) is 16.8 Å². The van der Waals surface area contributed by atoms with E-state index in [0.29, 0.717) is 11.5 Å². The van der Waals surface area contributed by atoms with Crippen LogP contribution in [0.4, 0.5) is 5.69 Å². The summed E-state index contributed by atoms with van der Waals surface area (Å²) in [7, 11) is 3.16. The van der Waals surface area contributed by atoms with Gasteiger partial charge in [0.25, 0.3) is 5.56 Å². The number of anilines is 1. The molecule has 0 aliphatic rings. The summed E-state index contributed by atoms with van der Waals surface area (Å²) in [5, 5.41) is 0.853. The van der Waals surface area contributed by atoms with E-state index in [1.54, 1.807) is 24.9 Å². The van der Waals surface area contributed by atoms with Crippen molar-refractivity contribution < 1.29 is 9.47 Å². The molecule has 0 atom stereocenters. The standard InChI is InChI=1S/C16H22N2O3/c1-6-16(2,3)18-12-9-14(21-5)13(20-4)8-10(12)7-11(17)15(18)19/h7-9H,6,17H2,1-5H3. The van der Waals surface area contributed by atoms with Crippen molar-refractivity contribution in [3.8, 4) is 11.5 Å². The third-order valence-electron chi connectivity index (χ3n) is 4.01. The molecule has 1 aromatic heterocycles. The Morgan fingerprint density at radius 1 is 1.14 bits per heavy atom. The van der Waals surface area contributed by atoms with Crippen LogP contribution >= 0.6 is 0 Å². The lowest BCUT2D eigenvalue weighted by atomic mass is 9.99. The molecule has 0 saturated heterocycles. The number of nitrogens with two attached hydrogens (primary N) is 1. The van der Waals surface area contributed by atoms with Crippen molar-refractivity contribution in [2.45, 2.75) is 32.7 Å². The molecule has 114 valence electrons. The molecule has 0 radical (unpaired) electrons. The molecule has 0 aliphatic heterocycles. The highest BCUT2D eigenvalue weighted by molar-refractivity contribution is 5.85. The van der Waals surface area contributed by atoms with Gasteiger partial charge in [-0.1, -0.05) is 6.92 Å². The lowest BCUT2D eigenvalue weighted by Crippen LogP contribution is -2.37. The molecule has 0 unspecified atom stereocenters. The van der Waals surface area contributed by atoms with E-state index >= 15 is 0 Å². The zero-order valence-electron chi connectivity index (χ0n) is 13.2. The van der Waals surface area contributed by atoms with Crippen LogP contribution in [0.2, 0.25) is 0 Å². The molecular weight excluding hydrogens is 268 g/mol. The highest BCUT2D eigenvalue weighted by Gasteiger charge is 2.23. The smallest absolute Gasteiger partial charge is 0.274 e. The number of fused-ring (bicyclic) bond motifs is 1. The molecule has 2 aromatic rings. The Labute approximate surface area is 124 Å². The third kappa shape index (κ3) is 2.44. The molecule has 1 heterocycles. The van der Waals surface area contributed by atoms with Crippen molar-refractivity contribution in [2.75, 3.05) is 20.0 Å². The van der Waals surface area contributed by atoms with Gasteiger partial charge in [0.15, 0.2) is 11.5 Å². The van der Waals surface area contributed by atoms with Gasteiger partial charge < -0.3 is 19.8 Å². The van der Waals surface area contributed by atoms with Crippen molar-refractivity contribution in [3.63, 3.8) is 0 Å². The van der Waals surface area contributed by atoms with Gasteiger partial charge >= 0.3 is 0 Å². The van der Waals surface area contributed by atoms with Gasteiger partial charge in [0.2, 0.25) is 0 Å². The van der Waals surface area contributed by atoms with E-state index in [1.807, 2.05) is 32.9 Å². The molecule has 1 aromatic carbocycles. The van der Waals surface area contributed by atoms with E-state index in [4.69, 9.17) is 15.2 Å². The molecule has 0 saturated carbocycles. The lowest BCUT2D eigenvalue weighted by molar-refractivity contribution is 0.341. The highest BCUT2D eigenvalue weighted by atomic mass is 16.5. The molecule has 2 rings (SSSR count). The number of aromatic nitrogens is 1. The number of nitrogen functional groups attached to an aromatic ring is 1. The Kier molecular flexibility index (Phi) is 3.85. The molecule has 0 amide bonds. The Balaban J connectivity index is 2.95. The van der Waals surface area contributed by atoms with E-state index < -0.39 is 0 Å². The van der Waals surface area contributed by atoms with Crippen LogP contribution in [0.25, 0.3) is 10.9 Å². The Hall–Kier alpha value is -2.17. The minimum atomic E-state index is -0.343. The van der Waals surface area contributed by atoms with Crippen LogP contribution in [0.3, 0.4) is 0 Å². The van der Waals surface area contributed by atoms with Crippen LogP contribution in [0, 0.1) is 0 Å². The Morgan fingerprint density at radius 3 is 2.24 bits per heavy atom. The van der Waals surface area contributed by atoms with Crippen LogP contribution in [-0.2, 0) is 5.54 Å². The number of pyridine rings is 1. The lowest BCUT2D eigenvalue weighted by Gasteiger charge is -2.28. The first kappa shape index (κ1) is 15.2. The Bertz CT molecular complexity index is 732. The maximum Gasteiger partial charge on any atom is 0.274 e. The molecule has 0 bridgehead atoms. The Morgan fingerprint density at radius 2 is 1.71 bits per heavy atom. The van der Waals surface area contributed by atoms with Crippen LogP contribution in [0.1, 0.15) is 27.2 Å². The zero-order chi connectivity index (χ0) is 15.8. The van der Waals surface area contributed by atoms with Crippen molar-refractivity contribution in [1.29, 1.82) is 0 Å². The predicted molar refractivity (Wildman–Crippen MR) is 85.3 cm³/mol. The fourth-order valence-corrected chi connectivity index (χ4v) is 2.42. The first-order valence-corrected chi connectivity index (χ1v) is 6.93. The molecule has 0 aliphatic carbocycles. The number of ether oxygens (including phenoxy) is 2. The summed E-state index contributed by atoms with van der Waals surface area (Å²) >= 11 is 0. The van der Waals surface area contributed by atoms with Crippen LogP contribution in [-0.4, -0.2) is 18.8 Å². The number of rotatable bonds is 4. The number of benzene rings is 1. The second-order valence-corrected chi connectivity index (χ2v) is 5.67. The summed E-state index contributed by atoms with van der Waals surface area (Å²) in [6.45, 7) is 6.08. The van der Waals surface area contributed by atoms with Crippen molar-refractivity contribution in [3.05, 3.63) is 28.6 Å². The second-order valence-electron chi connectivity index (χ2n) is 5.67. The summed E-state index contributed by atoms with van der Waals surface area (Å²) in [6.07, 6.45) is 0.805. The summed E-state index contributed by atoms with van der Waals surface area (Å²) in [6, 6.07) is 5.35. The maximum atomic E-state index is 12.5. The first-order valence-electron chi connectivity index (χ1n) is 6.93. The second kappa shape index (κ2) is 5.31. The quantitative estimate of drug-likeness (QED) is 0.940. The predicted octanol–water partition coefficient (Wildman–Crippen LogP) is 2.75. The molecule has 21 heavy (non-hydrogen) atoms. The summed E-state index contributed by atoms with van der Waals surface area (Å²) in [5.74, 6) is 1.21. The molecule has 2 N–H and O–H groups in total. The zero-order valence-corrected chi connectivity index (χ0v) is 13.2. The van der Waals surface area contributed by atoms with Crippen molar-refractivity contribution in [1.82, 2.24) is 4.57 Å². The topological polar surface area (TPSA) is 66.5 Å². The van der Waals surface area contributed by atoms with Crippen molar-refractivity contribution >= 4 is 16.6 Å². The van der Waals surface area contributed by atoms with Gasteiger partial charge in [0.1, 0.15) is 0 Å². The average Bonchev–Trinajstić information content (AvgIpc) is 2.47. The van der Waals surface area contributed by atoms with E-state index in [2.05, 4.69) is 0 Å². The average molecular weight is 290 g/mol. The summed E-state index contributed by atoms with van der Waals surface area (Å²) in [5.41, 5.74) is 6.40. The fraction of sp³-hybridized carbons (Fsp3) is 0.438. The number of methoxy groups -OCH3 is 2. The molecule has 5 heteroatoms. The SMILES string of the molecule is CCC(C)(C)n1c(=O)c(N)cc2cc(OC)c(OC)cc21. The largest absolute Gasteiger partial charge is 0.493 e. The van der Waals surface area contributed by atoms with E-state index in [1.165, 1.54) is 0 Å². The van der Waals surface area contributed by atoms with Gasteiger partial charge in [-0.05, 0) is 32.4 Å². The number of hydrogen-bond acceptors (Lipinski definition) is 4. The summed E-state index contributed by atoms with van der Waals surface area (Å²) < 4.78 is 12.4. The van der Waals surface area contributed by atoms with Crippen molar-refractivity contribution in [2.24, 2.45) is 0 Å². The van der Waals surface area contributed by atoms with Gasteiger partial charge in [0, 0.05) is 17.0 Å². The van der Waals surface area contributed by atoms with Gasteiger partial charge in [-0.15, -0.1) is 0 Å². The first-order chi connectivity index (χ1) is 9.85. The molecular formula is C16H22N2O3. The molecule has 0 spiro atoms. The molecule has 5 nitrogen and oxygen atoms in total. The third-order valence-corrected chi connectivity index (χ3v) is 4.01. The monoisotopic (exact) mass is 290 g/mol. The van der Waals surface area contributed by atoms with Crippen LogP contribution in [0.15, 0.2) is 23.0 Å². The van der Waals surface area contributed by atoms with Gasteiger partial charge in [0.05, 0.1) is 25.4 Å². The maximum absolute atomic E-state index is 12.5. The van der Waals surface area contributed by atoms with E-state index in [0.717, 1.165) is 17.3 Å². The van der Waals surface area contributed by atoms with Gasteiger partial charge in [-0.2, -0.15) is 0 Å². The highest BCUT2D eigenvalue weighted by Crippen LogP contribution is 2.34. The van der Waals surface area contributed by atoms with Crippen LogP contribution in [0.5, 0.6) is 11.5 Å². The van der Waals surface area contributed by atoms with Crippen LogP contribution < -0.4 is 20.8 Å². The molecule has 0 fully saturated rings. The summed E-state index contributed by atoms with van der Waals surface area (Å²) in [4.78, 5) is 12.5. The van der Waals surface area contributed by atoms with Gasteiger partial charge in [-0.3, -0.25) is 4.79 Å². The normalized spacial score (nSPS) is 11.7. The van der Waals surface area contributed by atoms with E-state index in [9.17, 15) is 4.79 Å².